The third-order valence-corrected chi connectivity index (χ3v) is 11.7. The molecule has 13 rings (SSSR count). The zero-order chi connectivity index (χ0) is 32.2. The van der Waals surface area contributed by atoms with Crippen molar-refractivity contribution in [1.82, 2.24) is 8.80 Å². The average Bonchev–Trinajstić information content (AvgIpc) is 3.90. The van der Waals surface area contributed by atoms with Crippen molar-refractivity contribution in [2.45, 2.75) is 0 Å². The number of benzene rings is 8. The van der Waals surface area contributed by atoms with Gasteiger partial charge in [-0.2, -0.15) is 0 Å². The molecule has 0 saturated carbocycles. The molecule has 0 spiro atoms. The molecule has 1 aliphatic rings. The fraction of sp³-hybridized carbons (Fsp3) is 0. The lowest BCUT2D eigenvalue weighted by Gasteiger charge is -2.23. The number of hydrogen-bond acceptors (Lipinski definition) is 0. The highest BCUT2D eigenvalue weighted by Gasteiger charge is 2.30. The zero-order valence-corrected chi connectivity index (χ0v) is 26.9. The summed E-state index contributed by atoms with van der Waals surface area (Å²) in [4.78, 5) is 0. The average molecular weight is 631 g/mol. The van der Waals surface area contributed by atoms with E-state index >= 15 is 0 Å². The van der Waals surface area contributed by atoms with E-state index in [9.17, 15) is 0 Å². The topological polar surface area (TPSA) is 8.82 Å². The van der Waals surface area contributed by atoms with Crippen molar-refractivity contribution in [3.8, 4) is 44.5 Å². The van der Waals surface area contributed by atoms with E-state index in [-0.39, 0.29) is 0 Å². The Morgan fingerprint density at radius 2 is 0.700 bits per heavy atom. The zero-order valence-electron chi connectivity index (χ0n) is 26.9. The monoisotopic (exact) mass is 630 g/mol. The van der Waals surface area contributed by atoms with E-state index in [1.807, 2.05) is 0 Å². The first-order chi connectivity index (χ1) is 24.9. The Hall–Kier alpha value is -6.64. The SMILES string of the molecule is c1ccc2c(c1)-c1ccccc1-c1ccc3c4c5c(cc6c7cccc8c9ccccc9n(c87)c64)c4ccccc4n5c3c1-c1ccccc1-2. The van der Waals surface area contributed by atoms with Crippen LogP contribution in [0.2, 0.25) is 0 Å². The minimum Gasteiger partial charge on any atom is -0.307 e. The van der Waals surface area contributed by atoms with Gasteiger partial charge in [0.25, 0.3) is 0 Å². The smallest absolute Gasteiger partial charge is 0.0642 e. The maximum absolute atomic E-state index is 2.60. The fourth-order valence-corrected chi connectivity index (χ4v) is 9.87. The van der Waals surface area contributed by atoms with Crippen LogP contribution in [0.1, 0.15) is 0 Å². The van der Waals surface area contributed by atoms with Gasteiger partial charge in [-0.05, 0) is 57.1 Å². The van der Waals surface area contributed by atoms with Crippen molar-refractivity contribution in [1.29, 1.82) is 0 Å². The van der Waals surface area contributed by atoms with Gasteiger partial charge in [-0.15, -0.1) is 0 Å². The minimum atomic E-state index is 1.25. The van der Waals surface area contributed by atoms with Crippen LogP contribution in [-0.4, -0.2) is 8.80 Å². The maximum atomic E-state index is 2.60. The molecule has 0 amide bonds. The number of aromatic nitrogens is 2. The summed E-state index contributed by atoms with van der Waals surface area (Å²) >= 11 is 0. The molecular weight excluding hydrogens is 605 g/mol. The highest BCUT2D eigenvalue weighted by atomic mass is 15.0. The molecule has 0 unspecified atom stereocenters. The standard InChI is InChI=1S/C48H26N2/c1-2-13-28-27(12-1)29-14-3-4-16-31(29)35-24-25-38-44-47-39(26-40-37-21-11-20-36-32-17-7-9-22-41(32)49(45(36)37)48(40)44)33-18-8-10-23-42(33)50(47)46(38)43(35)34-19-6-5-15-30(28)34/h1-26H. The molecule has 0 fully saturated rings. The van der Waals surface area contributed by atoms with E-state index in [4.69, 9.17) is 0 Å². The van der Waals surface area contributed by atoms with Crippen LogP contribution in [-0.2, 0) is 0 Å². The highest BCUT2D eigenvalue weighted by Crippen LogP contribution is 2.54. The Morgan fingerprint density at radius 3 is 1.34 bits per heavy atom. The lowest BCUT2D eigenvalue weighted by Crippen LogP contribution is -1.98. The Labute approximate surface area is 286 Å². The van der Waals surface area contributed by atoms with Gasteiger partial charge in [0.15, 0.2) is 0 Å². The van der Waals surface area contributed by atoms with E-state index in [2.05, 4.69) is 167 Å². The van der Waals surface area contributed by atoms with Crippen LogP contribution in [0.5, 0.6) is 0 Å². The molecule has 2 nitrogen and oxygen atoms in total. The van der Waals surface area contributed by atoms with Crippen LogP contribution in [0.25, 0.3) is 121 Å². The largest absolute Gasteiger partial charge is 0.307 e. The summed E-state index contributed by atoms with van der Waals surface area (Å²) in [5.41, 5.74) is 17.9. The third-order valence-electron chi connectivity index (χ3n) is 11.7. The van der Waals surface area contributed by atoms with E-state index in [0.717, 1.165) is 0 Å². The van der Waals surface area contributed by atoms with Crippen LogP contribution in [0.3, 0.4) is 0 Å². The van der Waals surface area contributed by atoms with Crippen molar-refractivity contribution >= 4 is 76.2 Å². The van der Waals surface area contributed by atoms with Gasteiger partial charge >= 0.3 is 0 Å². The second kappa shape index (κ2) is 8.68. The van der Waals surface area contributed by atoms with E-state index < -0.39 is 0 Å². The summed E-state index contributed by atoms with van der Waals surface area (Å²) in [6, 6.07) is 59.1. The predicted octanol–water partition coefficient (Wildman–Crippen LogP) is 13.0. The maximum Gasteiger partial charge on any atom is 0.0642 e. The minimum absolute atomic E-state index is 1.25. The number of fused-ring (bicyclic) bond motifs is 22. The van der Waals surface area contributed by atoms with Crippen molar-refractivity contribution in [2.75, 3.05) is 0 Å². The first-order valence-corrected chi connectivity index (χ1v) is 17.5. The molecule has 2 heteroatoms. The van der Waals surface area contributed by atoms with Gasteiger partial charge in [0.2, 0.25) is 0 Å². The molecule has 8 aromatic carbocycles. The van der Waals surface area contributed by atoms with Crippen molar-refractivity contribution in [3.63, 3.8) is 0 Å². The molecule has 50 heavy (non-hydrogen) atoms. The summed E-state index contributed by atoms with van der Waals surface area (Å²) in [6.45, 7) is 0. The Bertz CT molecular complexity index is 3420. The van der Waals surface area contributed by atoms with Crippen LogP contribution in [0, 0.1) is 0 Å². The molecular formula is C48H26N2. The van der Waals surface area contributed by atoms with Gasteiger partial charge in [-0.25, -0.2) is 0 Å². The first kappa shape index (κ1) is 25.4. The number of nitrogens with zero attached hydrogens (tertiary/aromatic N) is 2. The van der Waals surface area contributed by atoms with Gasteiger partial charge in [0, 0.05) is 48.7 Å². The summed E-state index contributed by atoms with van der Waals surface area (Å²) in [6.07, 6.45) is 0. The normalized spacial score (nSPS) is 12.8. The number of para-hydroxylation sites is 3. The summed E-state index contributed by atoms with van der Waals surface area (Å²) in [5, 5.41) is 10.5. The molecule has 228 valence electrons. The van der Waals surface area contributed by atoms with E-state index in [0.29, 0.717) is 0 Å². The van der Waals surface area contributed by atoms with Crippen LogP contribution in [0.15, 0.2) is 158 Å². The molecule has 0 radical (unpaired) electrons. The molecule has 4 heterocycles. The molecule has 1 aliphatic carbocycles. The van der Waals surface area contributed by atoms with E-state index in [1.165, 1.54) is 121 Å². The summed E-state index contributed by atoms with van der Waals surface area (Å²) in [5.74, 6) is 0. The van der Waals surface area contributed by atoms with Gasteiger partial charge in [0.1, 0.15) is 0 Å². The van der Waals surface area contributed by atoms with Crippen molar-refractivity contribution in [3.05, 3.63) is 158 Å². The molecule has 12 aromatic rings. The second-order valence-electron chi connectivity index (χ2n) is 14.0. The fourth-order valence-electron chi connectivity index (χ4n) is 9.87. The van der Waals surface area contributed by atoms with Crippen LogP contribution >= 0.6 is 0 Å². The number of rotatable bonds is 0. The lowest BCUT2D eigenvalue weighted by atomic mass is 9.80. The predicted molar refractivity (Wildman–Crippen MR) is 211 cm³/mol. The second-order valence-corrected chi connectivity index (χ2v) is 14.0. The van der Waals surface area contributed by atoms with Gasteiger partial charge < -0.3 is 8.80 Å². The molecule has 0 bridgehead atoms. The van der Waals surface area contributed by atoms with Crippen molar-refractivity contribution < 1.29 is 0 Å². The summed E-state index contributed by atoms with van der Waals surface area (Å²) in [7, 11) is 0. The molecule has 0 aliphatic heterocycles. The Kier molecular flexibility index (Phi) is 4.41. The molecule has 0 atom stereocenters. The van der Waals surface area contributed by atoms with Crippen LogP contribution < -0.4 is 0 Å². The van der Waals surface area contributed by atoms with Crippen LogP contribution in [0.4, 0.5) is 0 Å². The first-order valence-electron chi connectivity index (χ1n) is 17.5. The van der Waals surface area contributed by atoms with Gasteiger partial charge in [-0.3, -0.25) is 0 Å². The van der Waals surface area contributed by atoms with Gasteiger partial charge in [0.05, 0.1) is 33.1 Å². The Balaban J connectivity index is 1.35. The molecule has 0 saturated heterocycles. The molecule has 0 N–H and O–H groups in total. The molecule has 4 aromatic heterocycles. The van der Waals surface area contributed by atoms with Gasteiger partial charge in [-0.1, -0.05) is 140 Å². The third kappa shape index (κ3) is 2.79. The number of hydrogen-bond donors (Lipinski definition) is 0. The summed E-state index contributed by atoms with van der Waals surface area (Å²) < 4.78 is 5.17. The quantitative estimate of drug-likeness (QED) is 0.158. The van der Waals surface area contributed by atoms with E-state index in [1.54, 1.807) is 0 Å². The highest BCUT2D eigenvalue weighted by molar-refractivity contribution is 6.37. The lowest BCUT2D eigenvalue weighted by molar-refractivity contribution is 1.36. The van der Waals surface area contributed by atoms with Crippen molar-refractivity contribution in [2.24, 2.45) is 0 Å². The Morgan fingerprint density at radius 1 is 0.260 bits per heavy atom.